The lowest BCUT2D eigenvalue weighted by Crippen LogP contribution is -3.00. The van der Waals surface area contributed by atoms with Gasteiger partial charge in [0.1, 0.15) is 0 Å². The lowest BCUT2D eigenvalue weighted by molar-refractivity contribution is -0.909. The zero-order valence-electron chi connectivity index (χ0n) is 12.4. The first-order valence-corrected chi connectivity index (χ1v) is 7.17. The molecule has 1 fully saturated rings. The molecule has 1 rings (SSSR count). The Labute approximate surface area is 131 Å². The summed E-state index contributed by atoms with van der Waals surface area (Å²) in [5, 5.41) is 0. The maximum Gasteiger partial charge on any atom is 0.0998 e. The molecule has 1 nitrogen and oxygen atoms in total. The molecule has 1 atom stereocenters. The van der Waals surface area contributed by atoms with Gasteiger partial charge in [-0.1, -0.05) is 19.1 Å². The number of rotatable bonds is 6. The molecule has 106 valence electrons. The lowest BCUT2D eigenvalue weighted by Gasteiger charge is -2.38. The van der Waals surface area contributed by atoms with Crippen LogP contribution in [0.5, 0.6) is 0 Å². The molecule has 1 saturated heterocycles. The van der Waals surface area contributed by atoms with Crippen LogP contribution in [0.25, 0.3) is 0 Å². The molecule has 2 heteroatoms. The number of hydrogen-bond donors (Lipinski definition) is 0. The topological polar surface area (TPSA) is 0 Å². The molecule has 0 saturated carbocycles. The zero-order valence-corrected chi connectivity index (χ0v) is 14.6. The number of piperidine rings is 1. The fourth-order valence-corrected chi connectivity index (χ4v) is 2.81. The highest BCUT2D eigenvalue weighted by Gasteiger charge is 2.24. The van der Waals surface area contributed by atoms with E-state index in [2.05, 4.69) is 39.6 Å². The highest BCUT2D eigenvalue weighted by molar-refractivity contribution is 4.98. The van der Waals surface area contributed by atoms with Crippen molar-refractivity contribution in [3.8, 4) is 0 Å². The van der Waals surface area contributed by atoms with Crippen LogP contribution in [-0.4, -0.2) is 31.2 Å². The molecule has 1 aliphatic rings. The van der Waals surface area contributed by atoms with Crippen molar-refractivity contribution in [3.05, 3.63) is 24.3 Å². The van der Waals surface area contributed by atoms with Crippen LogP contribution in [0, 0.1) is 5.92 Å². The van der Waals surface area contributed by atoms with E-state index in [9.17, 15) is 0 Å². The molecular weight excluding hydrogens is 333 g/mol. The molecule has 1 heterocycles. The van der Waals surface area contributed by atoms with Crippen molar-refractivity contribution in [1.82, 2.24) is 0 Å². The number of hydrogen-bond acceptors (Lipinski definition) is 0. The van der Waals surface area contributed by atoms with Gasteiger partial charge in [-0.25, -0.2) is 0 Å². The van der Waals surface area contributed by atoms with Gasteiger partial charge in [-0.15, -0.1) is 6.58 Å². The van der Waals surface area contributed by atoms with Crippen LogP contribution in [0.4, 0.5) is 0 Å². The van der Waals surface area contributed by atoms with Crippen molar-refractivity contribution in [3.63, 3.8) is 0 Å². The number of likely N-dealkylation sites (N-methyl/N-ethyl adjacent to an activating group) is 1. The Morgan fingerprint density at radius 2 is 1.89 bits per heavy atom. The first-order chi connectivity index (χ1) is 8.06. The maximum atomic E-state index is 3.84. The van der Waals surface area contributed by atoms with Gasteiger partial charge in [-0.3, -0.25) is 0 Å². The predicted octanol–water partition coefficient (Wildman–Crippen LogP) is 1.17. The Morgan fingerprint density at radius 3 is 2.44 bits per heavy atom. The SMILES string of the molecule is C=CC(C)CC/C=C(\C)C[N+]1(C)CCCCC1.[I-]. The van der Waals surface area contributed by atoms with Crippen LogP contribution in [0.1, 0.15) is 46.0 Å². The summed E-state index contributed by atoms with van der Waals surface area (Å²) >= 11 is 0. The second kappa shape index (κ2) is 9.13. The van der Waals surface area contributed by atoms with Crippen molar-refractivity contribution in [2.45, 2.75) is 46.0 Å². The van der Waals surface area contributed by atoms with Gasteiger partial charge in [-0.2, -0.15) is 0 Å². The lowest BCUT2D eigenvalue weighted by atomic mass is 10.0. The summed E-state index contributed by atoms with van der Waals surface area (Å²) in [6.07, 6.45) is 11.2. The van der Waals surface area contributed by atoms with Gasteiger partial charge in [0.2, 0.25) is 0 Å². The second-order valence-corrected chi connectivity index (χ2v) is 6.13. The first-order valence-electron chi connectivity index (χ1n) is 7.17. The summed E-state index contributed by atoms with van der Waals surface area (Å²) in [6, 6.07) is 0. The molecular formula is C16H30IN. The number of halogens is 1. The van der Waals surface area contributed by atoms with Gasteiger partial charge in [0.25, 0.3) is 0 Å². The molecule has 0 aromatic rings. The average molecular weight is 363 g/mol. The number of allylic oxidation sites excluding steroid dienone is 2. The molecule has 18 heavy (non-hydrogen) atoms. The third-order valence-electron chi connectivity index (χ3n) is 4.04. The number of quaternary nitrogens is 1. The van der Waals surface area contributed by atoms with E-state index >= 15 is 0 Å². The van der Waals surface area contributed by atoms with E-state index in [-0.39, 0.29) is 24.0 Å². The Kier molecular flexibility index (Phi) is 9.22. The van der Waals surface area contributed by atoms with Gasteiger partial charge in [-0.05, 0) is 50.5 Å². The van der Waals surface area contributed by atoms with Crippen molar-refractivity contribution in [1.29, 1.82) is 0 Å². The van der Waals surface area contributed by atoms with Crippen molar-refractivity contribution < 1.29 is 28.5 Å². The van der Waals surface area contributed by atoms with E-state index < -0.39 is 0 Å². The van der Waals surface area contributed by atoms with Crippen molar-refractivity contribution >= 4 is 0 Å². The molecule has 0 bridgehead atoms. The molecule has 0 aromatic heterocycles. The normalized spacial score (nSPS) is 20.9. The van der Waals surface area contributed by atoms with Gasteiger partial charge < -0.3 is 28.5 Å². The maximum absolute atomic E-state index is 3.84. The molecule has 0 aliphatic carbocycles. The Morgan fingerprint density at radius 1 is 1.28 bits per heavy atom. The van der Waals surface area contributed by atoms with Crippen molar-refractivity contribution in [2.75, 3.05) is 26.7 Å². The van der Waals surface area contributed by atoms with E-state index in [0.29, 0.717) is 5.92 Å². The van der Waals surface area contributed by atoms with E-state index in [1.165, 1.54) is 56.2 Å². The average Bonchev–Trinajstić information content (AvgIpc) is 2.29. The summed E-state index contributed by atoms with van der Waals surface area (Å²) in [4.78, 5) is 0. The third-order valence-corrected chi connectivity index (χ3v) is 4.04. The van der Waals surface area contributed by atoms with Gasteiger partial charge in [0, 0.05) is 0 Å². The number of nitrogens with zero attached hydrogens (tertiary/aromatic N) is 1. The van der Waals surface area contributed by atoms with Crippen LogP contribution in [0.3, 0.4) is 0 Å². The standard InChI is InChI=1S/C16H30N.HI/c1-5-15(2)10-9-11-16(3)14-17(4)12-7-6-8-13-17;/h5,11,15H,1,6-10,12-14H2,2-4H3;1H/q+1;/p-1/b16-11+;. The highest BCUT2D eigenvalue weighted by atomic mass is 127. The van der Waals surface area contributed by atoms with Gasteiger partial charge >= 0.3 is 0 Å². The van der Waals surface area contributed by atoms with E-state index in [1.807, 2.05) is 0 Å². The van der Waals surface area contributed by atoms with Crippen LogP contribution >= 0.6 is 0 Å². The molecule has 1 unspecified atom stereocenters. The van der Waals surface area contributed by atoms with Crippen LogP contribution in [0.15, 0.2) is 24.3 Å². The fourth-order valence-electron chi connectivity index (χ4n) is 2.81. The van der Waals surface area contributed by atoms with E-state index in [4.69, 9.17) is 0 Å². The van der Waals surface area contributed by atoms with Crippen LogP contribution in [0.2, 0.25) is 0 Å². The Bertz CT molecular complexity index is 264. The minimum atomic E-state index is 0. The van der Waals surface area contributed by atoms with Crippen molar-refractivity contribution in [2.24, 2.45) is 5.92 Å². The molecule has 0 N–H and O–H groups in total. The first kappa shape index (κ1) is 18.2. The van der Waals surface area contributed by atoms with Gasteiger partial charge in [0.15, 0.2) is 0 Å². The smallest absolute Gasteiger partial charge is 0.0998 e. The Hall–Kier alpha value is 0.170. The molecule has 0 spiro atoms. The quantitative estimate of drug-likeness (QED) is 0.378. The summed E-state index contributed by atoms with van der Waals surface area (Å²) < 4.78 is 1.26. The van der Waals surface area contributed by atoms with E-state index in [1.54, 1.807) is 5.57 Å². The molecule has 0 radical (unpaired) electrons. The summed E-state index contributed by atoms with van der Waals surface area (Å²) in [6.45, 7) is 12.4. The second-order valence-electron chi connectivity index (χ2n) is 6.13. The van der Waals surface area contributed by atoms with Gasteiger partial charge in [0.05, 0.1) is 26.7 Å². The fraction of sp³-hybridized carbons (Fsp3) is 0.750. The monoisotopic (exact) mass is 363 g/mol. The predicted molar refractivity (Wildman–Crippen MR) is 77.0 cm³/mol. The summed E-state index contributed by atoms with van der Waals surface area (Å²) in [5.74, 6) is 0.652. The summed E-state index contributed by atoms with van der Waals surface area (Å²) in [7, 11) is 2.42. The minimum absolute atomic E-state index is 0. The van der Waals surface area contributed by atoms with Crippen LogP contribution in [-0.2, 0) is 0 Å². The summed E-state index contributed by atoms with van der Waals surface area (Å²) in [5.41, 5.74) is 1.57. The Balaban J connectivity index is 0.00000289. The van der Waals surface area contributed by atoms with Crippen LogP contribution < -0.4 is 24.0 Å². The highest BCUT2D eigenvalue weighted by Crippen LogP contribution is 2.18. The minimum Gasteiger partial charge on any atom is -1.00 e. The van der Waals surface area contributed by atoms with E-state index in [0.717, 1.165) is 0 Å². The number of likely N-dealkylation sites (tertiary alicyclic amines) is 1. The molecule has 0 amide bonds. The zero-order chi connectivity index (χ0) is 12.7. The molecule has 1 aliphatic heterocycles. The largest absolute Gasteiger partial charge is 1.00 e. The molecule has 0 aromatic carbocycles. The third kappa shape index (κ3) is 6.93.